The first kappa shape index (κ1) is 33.8. The number of anilines is 1. The molecule has 0 aliphatic heterocycles. The van der Waals surface area contributed by atoms with Crippen molar-refractivity contribution in [3.05, 3.63) is 99.5 Å². The molecule has 0 radical (unpaired) electrons. The first-order valence-electron chi connectivity index (χ1n) is 15.2. The summed E-state index contributed by atoms with van der Waals surface area (Å²) in [6, 6.07) is 21.6. The molecule has 4 rings (SSSR count). The van der Waals surface area contributed by atoms with Crippen LogP contribution in [0, 0.1) is 0 Å². The zero-order valence-corrected chi connectivity index (χ0v) is 27.7. The molecular weight excluding hydrogens is 617 g/mol. The van der Waals surface area contributed by atoms with Crippen LogP contribution >= 0.6 is 23.2 Å². The number of halogens is 2. The lowest BCUT2D eigenvalue weighted by Gasteiger charge is -2.33. The lowest BCUT2D eigenvalue weighted by molar-refractivity contribution is -0.141. The van der Waals surface area contributed by atoms with Gasteiger partial charge in [0.05, 0.1) is 22.0 Å². The third-order valence-electron chi connectivity index (χ3n) is 8.09. The number of carbonyl (C=O) groups excluding carboxylic acids is 2. The summed E-state index contributed by atoms with van der Waals surface area (Å²) in [6.45, 7) is 2.33. The van der Waals surface area contributed by atoms with Crippen LogP contribution in [-0.2, 0) is 39.0 Å². The summed E-state index contributed by atoms with van der Waals surface area (Å²) < 4.78 is 26.8. The predicted octanol–water partition coefficient (Wildman–Crippen LogP) is 6.80. The molecule has 7 nitrogen and oxygen atoms in total. The van der Waals surface area contributed by atoms with Crippen LogP contribution in [0.5, 0.6) is 0 Å². The summed E-state index contributed by atoms with van der Waals surface area (Å²) >= 11 is 12.5. The number of hydrogen-bond donors (Lipinski definition) is 1. The van der Waals surface area contributed by atoms with E-state index < -0.39 is 16.1 Å². The Bertz CT molecular complexity index is 1510. The van der Waals surface area contributed by atoms with Crippen LogP contribution in [0.2, 0.25) is 10.0 Å². The monoisotopic (exact) mass is 657 g/mol. The Kier molecular flexibility index (Phi) is 12.1. The molecule has 3 aromatic carbocycles. The van der Waals surface area contributed by atoms with Gasteiger partial charge in [0.2, 0.25) is 21.8 Å². The number of sulfonamides is 1. The Morgan fingerprint density at radius 1 is 0.909 bits per heavy atom. The third kappa shape index (κ3) is 9.46. The first-order valence-corrected chi connectivity index (χ1v) is 17.8. The van der Waals surface area contributed by atoms with Crippen LogP contribution in [0.1, 0.15) is 62.1 Å². The summed E-state index contributed by atoms with van der Waals surface area (Å²) in [6.07, 6.45) is 6.67. The summed E-state index contributed by atoms with van der Waals surface area (Å²) in [5, 5.41) is 3.97. The second-order valence-corrected chi connectivity index (χ2v) is 14.1. The number of hydrogen-bond acceptors (Lipinski definition) is 4. The second-order valence-electron chi connectivity index (χ2n) is 11.4. The number of nitrogens with zero attached hydrogens (tertiary/aromatic N) is 2. The largest absolute Gasteiger partial charge is 0.352 e. The lowest BCUT2D eigenvalue weighted by atomic mass is 10.0. The Labute approximate surface area is 271 Å². The molecule has 1 aliphatic carbocycles. The van der Waals surface area contributed by atoms with Gasteiger partial charge in [-0.05, 0) is 66.6 Å². The summed E-state index contributed by atoms with van der Waals surface area (Å²) in [5.74, 6) is -0.434. The third-order valence-corrected chi connectivity index (χ3v) is 10.0. The fraction of sp³-hybridized carbons (Fsp3) is 0.412. The van der Waals surface area contributed by atoms with E-state index in [1.54, 1.807) is 35.2 Å². The zero-order valence-electron chi connectivity index (χ0n) is 25.3. The van der Waals surface area contributed by atoms with E-state index in [1.165, 1.54) is 10.6 Å². The molecule has 0 saturated heterocycles. The quantitative estimate of drug-likeness (QED) is 0.207. The molecular formula is C34H41Cl2N3O4S. The van der Waals surface area contributed by atoms with E-state index in [0.717, 1.165) is 48.8 Å². The van der Waals surface area contributed by atoms with Gasteiger partial charge < -0.3 is 10.2 Å². The molecule has 10 heteroatoms. The molecule has 0 aromatic heterocycles. The average Bonchev–Trinajstić information content (AvgIpc) is 3.52. The standard InChI is InChI=1S/C34H41Cl2N3O4S/c1-3-25-15-18-29(19-16-25)39(44(2,42)43)21-9-14-33(40)38(24-27-17-20-30(35)31(36)22-27)32(23-26-10-5-4-6-11-26)34(41)37-28-12-7-8-13-28/h4-6,10-11,15-20,22,28,32H,3,7-9,12-14,21,23-24H2,1-2H3,(H,37,41)/t32-/m1/s1. The minimum Gasteiger partial charge on any atom is -0.352 e. The Hall–Kier alpha value is -3.07. The normalized spacial score (nSPS) is 14.3. The van der Waals surface area contributed by atoms with Crippen LogP contribution in [0.15, 0.2) is 72.8 Å². The molecule has 0 bridgehead atoms. The minimum atomic E-state index is -3.58. The van der Waals surface area contributed by atoms with Crippen LogP contribution in [0.25, 0.3) is 0 Å². The van der Waals surface area contributed by atoms with E-state index in [4.69, 9.17) is 23.2 Å². The maximum Gasteiger partial charge on any atom is 0.243 e. The summed E-state index contributed by atoms with van der Waals surface area (Å²) in [4.78, 5) is 29.5. The Balaban J connectivity index is 1.59. The highest BCUT2D eigenvalue weighted by atomic mass is 35.5. The van der Waals surface area contributed by atoms with Crippen molar-refractivity contribution in [3.8, 4) is 0 Å². The minimum absolute atomic E-state index is 0.0579. The van der Waals surface area contributed by atoms with Crippen molar-refractivity contribution >= 4 is 50.7 Å². The van der Waals surface area contributed by atoms with E-state index in [-0.39, 0.29) is 43.8 Å². The number of amides is 2. The molecule has 3 aromatic rings. The van der Waals surface area contributed by atoms with Crippen molar-refractivity contribution < 1.29 is 18.0 Å². The summed E-state index contributed by atoms with van der Waals surface area (Å²) in [7, 11) is -3.58. The van der Waals surface area contributed by atoms with Crippen molar-refractivity contribution in [2.75, 3.05) is 17.1 Å². The van der Waals surface area contributed by atoms with E-state index in [2.05, 4.69) is 5.32 Å². The lowest BCUT2D eigenvalue weighted by Crippen LogP contribution is -2.52. The number of nitrogens with one attached hydrogen (secondary N) is 1. The van der Waals surface area contributed by atoms with Gasteiger partial charge >= 0.3 is 0 Å². The van der Waals surface area contributed by atoms with Crippen LogP contribution < -0.4 is 9.62 Å². The van der Waals surface area contributed by atoms with Crippen LogP contribution in [-0.4, -0.2) is 50.0 Å². The molecule has 0 unspecified atom stereocenters. The number of benzene rings is 3. The molecule has 2 amide bonds. The molecule has 1 fully saturated rings. The number of carbonyl (C=O) groups is 2. The van der Waals surface area contributed by atoms with Gasteiger partial charge in [-0.3, -0.25) is 13.9 Å². The molecule has 0 spiro atoms. The molecule has 1 saturated carbocycles. The van der Waals surface area contributed by atoms with Crippen molar-refractivity contribution in [3.63, 3.8) is 0 Å². The highest BCUT2D eigenvalue weighted by molar-refractivity contribution is 7.92. The molecule has 0 heterocycles. The topological polar surface area (TPSA) is 86.8 Å². The van der Waals surface area contributed by atoms with Gasteiger partial charge in [0, 0.05) is 32.0 Å². The van der Waals surface area contributed by atoms with E-state index >= 15 is 0 Å². The van der Waals surface area contributed by atoms with E-state index in [0.29, 0.717) is 22.2 Å². The van der Waals surface area contributed by atoms with Gasteiger partial charge in [0.15, 0.2) is 0 Å². The zero-order chi connectivity index (χ0) is 31.7. The predicted molar refractivity (Wildman–Crippen MR) is 179 cm³/mol. The van der Waals surface area contributed by atoms with Crippen molar-refractivity contribution in [2.45, 2.75) is 76.9 Å². The number of rotatable bonds is 14. The fourth-order valence-corrected chi connectivity index (χ4v) is 6.94. The van der Waals surface area contributed by atoms with Gasteiger partial charge in [-0.1, -0.05) is 91.5 Å². The van der Waals surface area contributed by atoms with Gasteiger partial charge in [-0.25, -0.2) is 8.42 Å². The van der Waals surface area contributed by atoms with Gasteiger partial charge in [-0.15, -0.1) is 0 Å². The molecule has 1 N–H and O–H groups in total. The molecule has 1 atom stereocenters. The maximum absolute atomic E-state index is 14.0. The smallest absolute Gasteiger partial charge is 0.243 e. The van der Waals surface area contributed by atoms with Gasteiger partial charge in [-0.2, -0.15) is 0 Å². The van der Waals surface area contributed by atoms with Crippen LogP contribution in [0.3, 0.4) is 0 Å². The molecule has 44 heavy (non-hydrogen) atoms. The Morgan fingerprint density at radius 3 is 2.18 bits per heavy atom. The van der Waals surface area contributed by atoms with Crippen molar-refractivity contribution in [1.29, 1.82) is 0 Å². The van der Waals surface area contributed by atoms with Crippen molar-refractivity contribution in [1.82, 2.24) is 10.2 Å². The highest BCUT2D eigenvalue weighted by Gasteiger charge is 2.32. The van der Waals surface area contributed by atoms with Crippen LogP contribution in [0.4, 0.5) is 5.69 Å². The molecule has 1 aliphatic rings. The Morgan fingerprint density at radius 2 is 1.57 bits per heavy atom. The van der Waals surface area contributed by atoms with E-state index in [1.807, 2.05) is 49.4 Å². The molecule has 236 valence electrons. The average molecular weight is 659 g/mol. The first-order chi connectivity index (χ1) is 21.0. The second kappa shape index (κ2) is 15.8. The number of aryl methyl sites for hydroxylation is 1. The highest BCUT2D eigenvalue weighted by Crippen LogP contribution is 2.26. The van der Waals surface area contributed by atoms with Gasteiger partial charge in [0.25, 0.3) is 0 Å². The SMILES string of the molecule is CCc1ccc(N(CCCC(=O)N(Cc2ccc(Cl)c(Cl)c2)[C@H](Cc2ccccc2)C(=O)NC2CCCC2)S(C)(=O)=O)cc1. The fourth-order valence-electron chi connectivity index (χ4n) is 5.66. The maximum atomic E-state index is 14.0. The van der Waals surface area contributed by atoms with E-state index in [9.17, 15) is 18.0 Å². The van der Waals surface area contributed by atoms with Crippen molar-refractivity contribution in [2.24, 2.45) is 0 Å². The van der Waals surface area contributed by atoms with Gasteiger partial charge in [0.1, 0.15) is 6.04 Å². The summed E-state index contributed by atoms with van der Waals surface area (Å²) in [5.41, 5.74) is 3.34.